The van der Waals surface area contributed by atoms with Crippen LogP contribution in [-0.4, -0.2) is 38.1 Å². The van der Waals surface area contributed by atoms with E-state index >= 15 is 0 Å². The second kappa shape index (κ2) is 21.5. The fraction of sp³-hybridized carbons (Fsp3) is 0.571. The van der Waals surface area contributed by atoms with Gasteiger partial charge in [0, 0.05) is 0 Å². The van der Waals surface area contributed by atoms with Crippen molar-refractivity contribution in [3.63, 3.8) is 0 Å². The Balaban J connectivity index is 0.0000130. The van der Waals surface area contributed by atoms with Crippen molar-refractivity contribution in [1.29, 1.82) is 0 Å². The summed E-state index contributed by atoms with van der Waals surface area (Å²) in [5.74, 6) is -1.87. The average Bonchev–Trinajstić information content (AvgIpc) is 2.85. The van der Waals surface area contributed by atoms with E-state index in [4.69, 9.17) is 9.47 Å². The molecule has 0 heterocycles. The molecule has 0 atom stereocenters. The molecule has 37 heavy (non-hydrogen) atoms. The molecule has 0 aliphatic rings. The quantitative estimate of drug-likeness (QED) is 0.0858. The molecule has 0 unspecified atom stereocenters. The first-order chi connectivity index (χ1) is 17.3. The number of carbonyl (C=O) groups is 2. The molecular formula is C28H41NaO7S. The van der Waals surface area contributed by atoms with Crippen molar-refractivity contribution in [3.05, 3.63) is 53.6 Å². The molecule has 0 spiro atoms. The van der Waals surface area contributed by atoms with E-state index in [-0.39, 0.29) is 48.3 Å². The van der Waals surface area contributed by atoms with Crippen LogP contribution in [0.5, 0.6) is 0 Å². The third kappa shape index (κ3) is 15.5. The van der Waals surface area contributed by atoms with E-state index < -0.39 is 32.5 Å². The van der Waals surface area contributed by atoms with Gasteiger partial charge >= 0.3 is 41.5 Å². The average molecular weight is 545 g/mol. The third-order valence-electron chi connectivity index (χ3n) is 5.46. The Labute approximate surface area is 245 Å². The zero-order chi connectivity index (χ0) is 26.7. The summed E-state index contributed by atoms with van der Waals surface area (Å²) in [6.45, 7) is 4.44. The summed E-state index contributed by atoms with van der Waals surface area (Å²) in [6.07, 6.45) is 19.7. The largest absolute Gasteiger partial charge is 1.00 e. The van der Waals surface area contributed by atoms with E-state index in [9.17, 15) is 22.6 Å². The Morgan fingerprint density at radius 2 is 1.24 bits per heavy atom. The zero-order valence-electron chi connectivity index (χ0n) is 22.7. The van der Waals surface area contributed by atoms with E-state index in [0.717, 1.165) is 70.3 Å². The van der Waals surface area contributed by atoms with E-state index in [2.05, 4.69) is 38.2 Å². The Kier molecular flexibility index (Phi) is 20.6. The molecular weight excluding hydrogens is 503 g/mol. The molecule has 0 bridgehead atoms. The van der Waals surface area contributed by atoms with Gasteiger partial charge in [-0.1, -0.05) is 57.1 Å². The van der Waals surface area contributed by atoms with Crippen LogP contribution in [0.2, 0.25) is 0 Å². The number of hydrogen-bond donors (Lipinski definition) is 0. The maximum Gasteiger partial charge on any atom is 1.00 e. The van der Waals surface area contributed by atoms with Crippen LogP contribution >= 0.6 is 0 Å². The van der Waals surface area contributed by atoms with Crippen LogP contribution in [0.25, 0.3) is 0 Å². The molecule has 0 aromatic heterocycles. The molecule has 7 nitrogen and oxygen atoms in total. The number of esters is 2. The van der Waals surface area contributed by atoms with Crippen LogP contribution < -0.4 is 29.6 Å². The molecule has 1 rings (SSSR count). The number of benzene rings is 1. The van der Waals surface area contributed by atoms with Crippen LogP contribution in [0, 0.1) is 0 Å². The maximum atomic E-state index is 12.7. The van der Waals surface area contributed by atoms with E-state index in [1.807, 2.05) is 0 Å². The minimum absolute atomic E-state index is 0. The molecule has 202 valence electrons. The number of ether oxygens (including phenoxy) is 2. The summed E-state index contributed by atoms with van der Waals surface area (Å²) in [5, 5.41) is 0. The molecule has 0 aliphatic heterocycles. The minimum atomic E-state index is -5.00. The van der Waals surface area contributed by atoms with E-state index in [1.54, 1.807) is 0 Å². The van der Waals surface area contributed by atoms with Crippen molar-refractivity contribution in [2.24, 2.45) is 0 Å². The predicted octanol–water partition coefficient (Wildman–Crippen LogP) is 3.74. The van der Waals surface area contributed by atoms with Crippen molar-refractivity contribution in [2.75, 3.05) is 13.2 Å². The van der Waals surface area contributed by atoms with E-state index in [0.29, 0.717) is 12.8 Å². The van der Waals surface area contributed by atoms with Crippen LogP contribution in [0.15, 0.2) is 47.4 Å². The third-order valence-corrected chi connectivity index (χ3v) is 6.34. The summed E-state index contributed by atoms with van der Waals surface area (Å²) in [6, 6.07) is 3.52. The second-order valence-electron chi connectivity index (χ2n) is 8.62. The first-order valence-electron chi connectivity index (χ1n) is 13.1. The van der Waals surface area contributed by atoms with Gasteiger partial charge < -0.3 is 14.0 Å². The number of unbranched alkanes of at least 4 members (excludes halogenated alkanes) is 8. The van der Waals surface area contributed by atoms with Gasteiger partial charge in [0.1, 0.15) is 10.1 Å². The van der Waals surface area contributed by atoms with Crippen molar-refractivity contribution in [1.82, 2.24) is 0 Å². The maximum absolute atomic E-state index is 12.7. The fourth-order valence-electron chi connectivity index (χ4n) is 3.49. The van der Waals surface area contributed by atoms with E-state index in [1.165, 1.54) is 12.1 Å². The molecule has 9 heteroatoms. The summed E-state index contributed by atoms with van der Waals surface area (Å²) in [5.41, 5.74) is -0.832. The van der Waals surface area contributed by atoms with Crippen molar-refractivity contribution < 1.29 is 61.6 Å². The summed E-state index contributed by atoms with van der Waals surface area (Å²) in [7, 11) is -5.00. The number of hydrogen-bond acceptors (Lipinski definition) is 7. The topological polar surface area (TPSA) is 110 Å². The van der Waals surface area contributed by atoms with Crippen molar-refractivity contribution >= 4 is 22.1 Å². The Morgan fingerprint density at radius 3 is 1.73 bits per heavy atom. The second-order valence-corrected chi connectivity index (χ2v) is 9.97. The van der Waals surface area contributed by atoms with Crippen LogP contribution in [0.1, 0.15) is 112 Å². The van der Waals surface area contributed by atoms with Crippen molar-refractivity contribution in [2.45, 2.75) is 95.8 Å². The van der Waals surface area contributed by atoms with Gasteiger partial charge in [0.2, 0.25) is 0 Å². The summed E-state index contributed by atoms with van der Waals surface area (Å²) >= 11 is 0. The smallest absolute Gasteiger partial charge is 0.744 e. The molecule has 0 saturated heterocycles. The fourth-order valence-corrected chi connectivity index (χ4v) is 4.18. The van der Waals surface area contributed by atoms with Gasteiger partial charge in [0.05, 0.1) is 29.2 Å². The predicted molar refractivity (Wildman–Crippen MR) is 140 cm³/mol. The zero-order valence-corrected chi connectivity index (χ0v) is 25.5. The summed E-state index contributed by atoms with van der Waals surface area (Å²) < 4.78 is 45.8. The van der Waals surface area contributed by atoms with Crippen LogP contribution in [0.4, 0.5) is 0 Å². The first kappa shape index (κ1) is 35.5. The molecule has 1 aromatic carbocycles. The summed E-state index contributed by atoms with van der Waals surface area (Å²) in [4.78, 5) is 24.6. The normalized spacial score (nSPS) is 11.5. The van der Waals surface area contributed by atoms with Gasteiger partial charge in [-0.2, -0.15) is 0 Å². The van der Waals surface area contributed by atoms with Crippen molar-refractivity contribution in [3.8, 4) is 0 Å². The molecule has 0 N–H and O–H groups in total. The Morgan fingerprint density at radius 1 is 0.757 bits per heavy atom. The molecule has 0 amide bonds. The van der Waals surface area contributed by atoms with Crippen LogP contribution in [0.3, 0.4) is 0 Å². The molecule has 1 aromatic rings. The number of allylic oxidation sites excluding steroid dienone is 4. The van der Waals surface area contributed by atoms with Gasteiger partial charge in [-0.05, 0) is 76.3 Å². The molecule has 0 aliphatic carbocycles. The standard InChI is InChI=1S/C28H42O7S.Na/c1-3-5-7-9-11-13-15-17-22-34-27(29)24-20-19-21-25(36(31,32)33)26(24)28(30)35-23-18-16-14-12-10-8-6-4-2;/h7-10,19-21H,3-6,11-18,22-23H2,1-2H3,(H,31,32,33);/q;+1/p-1/b9-7+,10-8+;. The Bertz CT molecular complexity index is 955. The number of carbonyl (C=O) groups excluding carboxylic acids is 2. The van der Waals surface area contributed by atoms with Gasteiger partial charge in [0.25, 0.3) is 0 Å². The first-order valence-corrected chi connectivity index (χ1v) is 14.5. The van der Waals surface area contributed by atoms with Crippen LogP contribution in [-0.2, 0) is 19.6 Å². The van der Waals surface area contributed by atoms with Gasteiger partial charge in [-0.15, -0.1) is 0 Å². The SMILES string of the molecule is CCC/C=C/CCCCCOC(=O)c1cccc(S(=O)(=O)[O-])c1C(=O)OCCCCC/C=C/CCC.[Na+]. The number of rotatable bonds is 19. The molecule has 0 radical (unpaired) electrons. The van der Waals surface area contributed by atoms with Gasteiger partial charge in [0.15, 0.2) is 0 Å². The van der Waals surface area contributed by atoms with Gasteiger partial charge in [-0.25, -0.2) is 18.0 Å². The minimum Gasteiger partial charge on any atom is -0.744 e. The Hall–Kier alpha value is -1.45. The van der Waals surface area contributed by atoms with Gasteiger partial charge in [-0.3, -0.25) is 0 Å². The monoisotopic (exact) mass is 544 g/mol. The molecule has 0 fully saturated rings. The molecule has 0 saturated carbocycles.